The fourth-order valence-electron chi connectivity index (χ4n) is 1.93. The predicted octanol–water partition coefficient (Wildman–Crippen LogP) is 1.99. The summed E-state index contributed by atoms with van der Waals surface area (Å²) in [5.41, 5.74) is 3.76. The van der Waals surface area contributed by atoms with Crippen LogP contribution in [0.25, 0.3) is 0 Å². The monoisotopic (exact) mass is 282 g/mol. The average Bonchev–Trinajstić information content (AvgIpc) is 2.42. The van der Waals surface area contributed by atoms with Crippen molar-refractivity contribution < 1.29 is 9.66 Å². The van der Waals surface area contributed by atoms with Gasteiger partial charge in [-0.25, -0.2) is 0 Å². The number of hydrazine groups is 1. The summed E-state index contributed by atoms with van der Waals surface area (Å²) in [5, 5.41) is 11.0. The minimum atomic E-state index is -0.422. The molecule has 0 aromatic heterocycles. The van der Waals surface area contributed by atoms with E-state index in [1.807, 2.05) is 0 Å². The van der Waals surface area contributed by atoms with Crippen LogP contribution in [0.2, 0.25) is 0 Å². The lowest BCUT2D eigenvalue weighted by Gasteiger charge is -2.26. The molecule has 0 saturated heterocycles. The number of nitrogens with one attached hydrogen (secondary N) is 1. The first-order chi connectivity index (χ1) is 9.47. The Morgan fingerprint density at radius 1 is 1.45 bits per heavy atom. The standard InChI is InChI=1S/C13H22N4O3/c1-10(2)9-16(4-5-20-3)12-6-11(15-14)7-13(8-12)17(18)19/h6-8,10,15H,4-5,9,14H2,1-3H3. The Labute approximate surface area is 118 Å². The van der Waals surface area contributed by atoms with Gasteiger partial charge in [0.25, 0.3) is 5.69 Å². The molecule has 0 radical (unpaired) electrons. The molecule has 7 heteroatoms. The van der Waals surface area contributed by atoms with E-state index < -0.39 is 4.92 Å². The first-order valence-electron chi connectivity index (χ1n) is 6.48. The number of ether oxygens (including phenoxy) is 1. The lowest BCUT2D eigenvalue weighted by atomic mass is 10.1. The fraction of sp³-hybridized carbons (Fsp3) is 0.538. The quantitative estimate of drug-likeness (QED) is 0.430. The molecule has 1 rings (SSSR count). The van der Waals surface area contributed by atoms with Crippen LogP contribution in [-0.2, 0) is 4.74 Å². The maximum atomic E-state index is 11.0. The van der Waals surface area contributed by atoms with E-state index in [1.165, 1.54) is 6.07 Å². The zero-order chi connectivity index (χ0) is 15.1. The second kappa shape index (κ2) is 7.66. The second-order valence-corrected chi connectivity index (χ2v) is 4.97. The van der Waals surface area contributed by atoms with Gasteiger partial charge in [0.15, 0.2) is 0 Å². The van der Waals surface area contributed by atoms with Gasteiger partial charge in [-0.15, -0.1) is 0 Å². The summed E-state index contributed by atoms with van der Waals surface area (Å²) >= 11 is 0. The molecule has 0 atom stereocenters. The third kappa shape index (κ3) is 4.67. The summed E-state index contributed by atoms with van der Waals surface area (Å²) in [4.78, 5) is 12.6. The van der Waals surface area contributed by atoms with Crippen LogP contribution >= 0.6 is 0 Å². The van der Waals surface area contributed by atoms with E-state index in [9.17, 15) is 10.1 Å². The van der Waals surface area contributed by atoms with Crippen LogP contribution < -0.4 is 16.2 Å². The van der Waals surface area contributed by atoms with Gasteiger partial charge in [-0.3, -0.25) is 16.0 Å². The Hall–Kier alpha value is -1.86. The maximum absolute atomic E-state index is 11.0. The molecule has 0 bridgehead atoms. The molecule has 7 nitrogen and oxygen atoms in total. The molecule has 0 fully saturated rings. The highest BCUT2D eigenvalue weighted by molar-refractivity contribution is 5.64. The molecular formula is C13H22N4O3. The van der Waals surface area contributed by atoms with E-state index in [0.29, 0.717) is 24.8 Å². The van der Waals surface area contributed by atoms with Crippen molar-refractivity contribution in [1.82, 2.24) is 0 Å². The van der Waals surface area contributed by atoms with E-state index in [-0.39, 0.29) is 5.69 Å². The summed E-state index contributed by atoms with van der Waals surface area (Å²) in [6.07, 6.45) is 0. The number of nitrogens with two attached hydrogens (primary N) is 1. The zero-order valence-electron chi connectivity index (χ0n) is 12.1. The molecule has 0 saturated carbocycles. The van der Waals surface area contributed by atoms with E-state index in [0.717, 1.165) is 12.2 Å². The Bertz CT molecular complexity index is 451. The predicted molar refractivity (Wildman–Crippen MR) is 79.8 cm³/mol. The highest BCUT2D eigenvalue weighted by Gasteiger charge is 2.15. The summed E-state index contributed by atoms with van der Waals surface area (Å²) < 4.78 is 5.09. The third-order valence-electron chi connectivity index (χ3n) is 2.80. The van der Waals surface area contributed by atoms with E-state index in [4.69, 9.17) is 10.6 Å². The molecule has 0 aliphatic carbocycles. The van der Waals surface area contributed by atoms with Crippen molar-refractivity contribution in [3.63, 3.8) is 0 Å². The minimum Gasteiger partial charge on any atom is -0.383 e. The normalized spacial score (nSPS) is 10.7. The number of nitrogens with zero attached hydrogens (tertiary/aromatic N) is 2. The van der Waals surface area contributed by atoms with Crippen molar-refractivity contribution in [3.05, 3.63) is 28.3 Å². The number of hydrogen-bond acceptors (Lipinski definition) is 6. The van der Waals surface area contributed by atoms with E-state index >= 15 is 0 Å². The first-order valence-corrected chi connectivity index (χ1v) is 6.48. The molecule has 0 amide bonds. The Morgan fingerprint density at radius 3 is 2.65 bits per heavy atom. The van der Waals surface area contributed by atoms with Gasteiger partial charge in [-0.1, -0.05) is 13.8 Å². The van der Waals surface area contributed by atoms with Crippen LogP contribution in [0.15, 0.2) is 18.2 Å². The highest BCUT2D eigenvalue weighted by atomic mass is 16.6. The first kappa shape index (κ1) is 16.2. The molecule has 20 heavy (non-hydrogen) atoms. The summed E-state index contributed by atoms with van der Waals surface area (Å²) in [7, 11) is 1.63. The van der Waals surface area contributed by atoms with Gasteiger partial charge in [0.1, 0.15) is 0 Å². The minimum absolute atomic E-state index is 0.0154. The van der Waals surface area contributed by atoms with Crippen molar-refractivity contribution in [2.45, 2.75) is 13.8 Å². The number of hydrogen-bond donors (Lipinski definition) is 2. The molecule has 0 heterocycles. The van der Waals surface area contributed by atoms with Gasteiger partial charge >= 0.3 is 0 Å². The Kier molecular flexibility index (Phi) is 6.20. The van der Waals surface area contributed by atoms with Crippen molar-refractivity contribution >= 4 is 17.1 Å². The number of non-ortho nitro benzene ring substituents is 1. The Morgan fingerprint density at radius 2 is 2.15 bits per heavy atom. The number of nitro groups is 1. The van der Waals surface area contributed by atoms with Gasteiger partial charge in [-0.05, 0) is 12.0 Å². The van der Waals surface area contributed by atoms with Crippen LogP contribution in [0.3, 0.4) is 0 Å². The molecule has 0 aliphatic rings. The molecule has 0 unspecified atom stereocenters. The van der Waals surface area contributed by atoms with Crippen LogP contribution in [0.4, 0.5) is 17.1 Å². The van der Waals surface area contributed by atoms with Gasteiger partial charge in [0.05, 0.1) is 17.2 Å². The van der Waals surface area contributed by atoms with Crippen LogP contribution in [0, 0.1) is 16.0 Å². The highest BCUT2D eigenvalue weighted by Crippen LogP contribution is 2.27. The number of anilines is 2. The molecular weight excluding hydrogens is 260 g/mol. The average molecular weight is 282 g/mol. The number of methoxy groups -OCH3 is 1. The van der Waals surface area contributed by atoms with Crippen LogP contribution in [0.5, 0.6) is 0 Å². The van der Waals surface area contributed by atoms with Gasteiger partial charge in [0.2, 0.25) is 0 Å². The smallest absolute Gasteiger partial charge is 0.273 e. The molecule has 1 aromatic rings. The largest absolute Gasteiger partial charge is 0.383 e. The zero-order valence-corrected chi connectivity index (χ0v) is 12.1. The van der Waals surface area contributed by atoms with Gasteiger partial charge < -0.3 is 15.1 Å². The van der Waals surface area contributed by atoms with Crippen LogP contribution in [0.1, 0.15) is 13.8 Å². The third-order valence-corrected chi connectivity index (χ3v) is 2.80. The number of benzene rings is 1. The van der Waals surface area contributed by atoms with Gasteiger partial charge in [0, 0.05) is 38.0 Å². The van der Waals surface area contributed by atoms with Crippen molar-refractivity contribution in [2.24, 2.45) is 11.8 Å². The van der Waals surface area contributed by atoms with E-state index in [1.54, 1.807) is 19.2 Å². The molecule has 3 N–H and O–H groups in total. The SMILES string of the molecule is COCCN(CC(C)C)c1cc(NN)cc([N+](=O)[O-])c1. The van der Waals surface area contributed by atoms with E-state index in [2.05, 4.69) is 24.2 Å². The molecule has 0 spiro atoms. The van der Waals surface area contributed by atoms with Crippen molar-refractivity contribution in [3.8, 4) is 0 Å². The number of nitro benzene ring substituents is 1. The topological polar surface area (TPSA) is 93.7 Å². The summed E-state index contributed by atoms with van der Waals surface area (Å²) in [6, 6.07) is 4.76. The molecule has 112 valence electrons. The van der Waals surface area contributed by atoms with Gasteiger partial charge in [-0.2, -0.15) is 0 Å². The fourth-order valence-corrected chi connectivity index (χ4v) is 1.93. The lowest BCUT2D eigenvalue weighted by Crippen LogP contribution is -2.31. The number of nitrogen functional groups attached to an aromatic ring is 1. The summed E-state index contributed by atoms with van der Waals surface area (Å²) in [5.74, 6) is 5.80. The Balaban J connectivity index is 3.09. The van der Waals surface area contributed by atoms with Crippen LogP contribution in [-0.4, -0.2) is 31.7 Å². The summed E-state index contributed by atoms with van der Waals surface area (Å²) in [6.45, 7) is 6.20. The lowest BCUT2D eigenvalue weighted by molar-refractivity contribution is -0.384. The molecule has 1 aromatic carbocycles. The molecule has 0 aliphatic heterocycles. The number of rotatable bonds is 8. The second-order valence-electron chi connectivity index (χ2n) is 4.97. The van der Waals surface area contributed by atoms with Crippen molar-refractivity contribution in [1.29, 1.82) is 0 Å². The van der Waals surface area contributed by atoms with Crippen molar-refractivity contribution in [2.75, 3.05) is 37.1 Å². The maximum Gasteiger partial charge on any atom is 0.273 e.